The largest absolute Gasteiger partial charge is 0.309 e. The van der Waals surface area contributed by atoms with Gasteiger partial charge < -0.3 is 4.57 Å². The maximum atomic E-state index is 4.83. The molecule has 0 amide bonds. The van der Waals surface area contributed by atoms with Crippen LogP contribution < -0.4 is 0 Å². The minimum absolute atomic E-state index is 0.0118. The molecule has 0 N–H and O–H groups in total. The van der Waals surface area contributed by atoms with E-state index in [2.05, 4.69) is 88.4 Å². The van der Waals surface area contributed by atoms with Gasteiger partial charge in [-0.05, 0) is 54.8 Å². The summed E-state index contributed by atoms with van der Waals surface area (Å²) in [6.07, 6.45) is 8.60. The number of hydrogen-bond donors (Lipinski definition) is 0. The van der Waals surface area contributed by atoms with Gasteiger partial charge in [0, 0.05) is 45.2 Å². The van der Waals surface area contributed by atoms with Crippen molar-refractivity contribution in [1.82, 2.24) is 14.5 Å². The van der Waals surface area contributed by atoms with Crippen molar-refractivity contribution >= 4 is 33.1 Å². The lowest BCUT2D eigenvalue weighted by Crippen LogP contribution is -2.25. The lowest BCUT2D eigenvalue weighted by molar-refractivity contribution is 0.518. The number of benzene rings is 3. The number of thiazole rings is 1. The van der Waals surface area contributed by atoms with Crippen LogP contribution in [-0.2, 0) is 5.41 Å². The summed E-state index contributed by atoms with van der Waals surface area (Å²) < 4.78 is 2.42. The standard InChI is InChI=1S/C31H25N3S/c1-2-11-27-25(10-1)26-14-13-22(30-33-18-19-35-30)20-28(26)34(27)24-9-7-8-23(21-24)31(15-4-5-16-31)29-12-3-6-17-32-29/h1-3,6-14,17-21H,4-5,15-16H2. The Kier molecular flexibility index (Phi) is 4.81. The monoisotopic (exact) mass is 471 g/mol. The van der Waals surface area contributed by atoms with Gasteiger partial charge in [-0.2, -0.15) is 0 Å². The van der Waals surface area contributed by atoms with Crippen molar-refractivity contribution in [1.29, 1.82) is 0 Å². The highest BCUT2D eigenvalue weighted by molar-refractivity contribution is 7.13. The van der Waals surface area contributed by atoms with Crippen LogP contribution in [-0.4, -0.2) is 14.5 Å². The highest BCUT2D eigenvalue weighted by atomic mass is 32.1. The van der Waals surface area contributed by atoms with Gasteiger partial charge in [-0.25, -0.2) is 4.98 Å². The van der Waals surface area contributed by atoms with E-state index in [0.717, 1.165) is 23.4 Å². The van der Waals surface area contributed by atoms with Gasteiger partial charge in [0.05, 0.1) is 16.7 Å². The Bertz CT molecular complexity index is 1640. The molecule has 0 radical (unpaired) electrons. The Morgan fingerprint density at radius 3 is 2.40 bits per heavy atom. The zero-order valence-corrected chi connectivity index (χ0v) is 20.2. The van der Waals surface area contributed by atoms with E-state index in [1.165, 1.54) is 51.6 Å². The van der Waals surface area contributed by atoms with Crippen LogP contribution in [0.2, 0.25) is 0 Å². The van der Waals surface area contributed by atoms with Gasteiger partial charge in [-0.15, -0.1) is 11.3 Å². The quantitative estimate of drug-likeness (QED) is 0.260. The molecule has 7 rings (SSSR count). The van der Waals surface area contributed by atoms with Gasteiger partial charge >= 0.3 is 0 Å². The molecule has 0 unspecified atom stereocenters. The van der Waals surface area contributed by atoms with Crippen LogP contribution in [0.3, 0.4) is 0 Å². The molecule has 3 aromatic heterocycles. The van der Waals surface area contributed by atoms with Gasteiger partial charge in [0.1, 0.15) is 5.01 Å². The molecule has 1 aliphatic carbocycles. The van der Waals surface area contributed by atoms with E-state index in [1.54, 1.807) is 11.3 Å². The fourth-order valence-electron chi connectivity index (χ4n) is 6.01. The SMILES string of the molecule is c1ccc(C2(c3cccc(-n4c5ccccc5c5ccc(-c6nccs6)cc54)c3)CCCC2)nc1. The molecule has 4 heteroatoms. The average Bonchev–Trinajstić information content (AvgIpc) is 3.69. The van der Waals surface area contributed by atoms with Crippen molar-refractivity contribution in [2.75, 3.05) is 0 Å². The van der Waals surface area contributed by atoms with E-state index in [9.17, 15) is 0 Å². The molecular weight excluding hydrogens is 446 g/mol. The fourth-order valence-corrected chi connectivity index (χ4v) is 6.64. The second kappa shape index (κ2) is 8.17. The van der Waals surface area contributed by atoms with Crippen molar-refractivity contribution in [3.05, 3.63) is 114 Å². The minimum Gasteiger partial charge on any atom is -0.309 e. The fraction of sp³-hybridized carbons (Fsp3) is 0.161. The highest BCUT2D eigenvalue weighted by Crippen LogP contribution is 2.46. The lowest BCUT2D eigenvalue weighted by Gasteiger charge is -2.29. The van der Waals surface area contributed by atoms with Crippen LogP contribution >= 0.6 is 11.3 Å². The van der Waals surface area contributed by atoms with Crippen LogP contribution in [0.5, 0.6) is 0 Å². The first-order chi connectivity index (χ1) is 17.3. The van der Waals surface area contributed by atoms with Crippen LogP contribution in [0.15, 0.2) is 103 Å². The number of fused-ring (bicyclic) bond motifs is 3. The van der Waals surface area contributed by atoms with E-state index in [1.807, 2.05) is 23.8 Å². The molecule has 170 valence electrons. The zero-order chi connectivity index (χ0) is 23.2. The summed E-state index contributed by atoms with van der Waals surface area (Å²) in [6.45, 7) is 0. The summed E-state index contributed by atoms with van der Waals surface area (Å²) >= 11 is 1.68. The van der Waals surface area contributed by atoms with Crippen LogP contribution in [0.4, 0.5) is 0 Å². The molecule has 3 nitrogen and oxygen atoms in total. The first-order valence-electron chi connectivity index (χ1n) is 12.3. The molecule has 0 atom stereocenters. The summed E-state index contributed by atoms with van der Waals surface area (Å²) in [5.74, 6) is 0. The predicted molar refractivity (Wildman–Crippen MR) is 145 cm³/mol. The molecule has 6 aromatic rings. The second-order valence-electron chi connectivity index (χ2n) is 9.48. The first kappa shape index (κ1) is 20.6. The van der Waals surface area contributed by atoms with Crippen molar-refractivity contribution in [2.45, 2.75) is 31.1 Å². The van der Waals surface area contributed by atoms with E-state index >= 15 is 0 Å². The normalized spacial score (nSPS) is 15.2. The van der Waals surface area contributed by atoms with E-state index in [-0.39, 0.29) is 5.41 Å². The number of rotatable bonds is 4. The predicted octanol–water partition coefficient (Wildman–Crippen LogP) is 8.16. The van der Waals surface area contributed by atoms with E-state index in [4.69, 9.17) is 4.98 Å². The molecular formula is C31H25N3S. The van der Waals surface area contributed by atoms with Crippen LogP contribution in [0.1, 0.15) is 36.9 Å². The van der Waals surface area contributed by atoms with Gasteiger partial charge in [-0.1, -0.05) is 61.4 Å². The molecule has 1 aliphatic rings. The molecule has 3 aromatic carbocycles. The molecule has 0 bridgehead atoms. The molecule has 1 fully saturated rings. The molecule has 3 heterocycles. The third-order valence-electron chi connectivity index (χ3n) is 7.62. The van der Waals surface area contributed by atoms with Gasteiger partial charge in [0.15, 0.2) is 0 Å². The van der Waals surface area contributed by atoms with Gasteiger partial charge in [-0.3, -0.25) is 4.98 Å². The number of para-hydroxylation sites is 1. The minimum atomic E-state index is -0.0118. The summed E-state index contributed by atoms with van der Waals surface area (Å²) in [7, 11) is 0. The molecule has 0 saturated heterocycles. The van der Waals surface area contributed by atoms with Gasteiger partial charge in [0.2, 0.25) is 0 Å². The topological polar surface area (TPSA) is 30.7 Å². The molecule has 1 saturated carbocycles. The third-order valence-corrected chi connectivity index (χ3v) is 8.44. The van der Waals surface area contributed by atoms with Crippen LogP contribution in [0.25, 0.3) is 38.1 Å². The number of hydrogen-bond acceptors (Lipinski definition) is 3. The van der Waals surface area contributed by atoms with Crippen LogP contribution in [0, 0.1) is 0 Å². The Morgan fingerprint density at radius 2 is 1.57 bits per heavy atom. The van der Waals surface area contributed by atoms with Crippen molar-refractivity contribution in [3.63, 3.8) is 0 Å². The second-order valence-corrected chi connectivity index (χ2v) is 10.4. The molecule has 0 aliphatic heterocycles. The lowest BCUT2D eigenvalue weighted by atomic mass is 9.75. The first-order valence-corrected chi connectivity index (χ1v) is 13.2. The zero-order valence-electron chi connectivity index (χ0n) is 19.4. The molecule has 35 heavy (non-hydrogen) atoms. The van der Waals surface area contributed by atoms with E-state index in [0.29, 0.717) is 0 Å². The Labute approximate surface area is 208 Å². The third kappa shape index (κ3) is 3.24. The maximum absolute atomic E-state index is 4.83. The Hall–Kier alpha value is -3.76. The highest BCUT2D eigenvalue weighted by Gasteiger charge is 2.38. The summed E-state index contributed by atoms with van der Waals surface area (Å²) in [6, 6.07) is 31.0. The van der Waals surface area contributed by atoms with Crippen molar-refractivity contribution in [2.24, 2.45) is 0 Å². The van der Waals surface area contributed by atoms with Crippen molar-refractivity contribution < 1.29 is 0 Å². The Morgan fingerprint density at radius 1 is 0.714 bits per heavy atom. The smallest absolute Gasteiger partial charge is 0.123 e. The Balaban J connectivity index is 1.47. The van der Waals surface area contributed by atoms with Crippen molar-refractivity contribution in [3.8, 4) is 16.3 Å². The average molecular weight is 472 g/mol. The number of nitrogens with zero attached hydrogens (tertiary/aromatic N) is 3. The van der Waals surface area contributed by atoms with E-state index < -0.39 is 0 Å². The summed E-state index contributed by atoms with van der Waals surface area (Å²) in [5, 5.41) is 5.64. The summed E-state index contributed by atoms with van der Waals surface area (Å²) in [4.78, 5) is 9.39. The number of aromatic nitrogens is 3. The van der Waals surface area contributed by atoms with Gasteiger partial charge in [0.25, 0.3) is 0 Å². The summed E-state index contributed by atoms with van der Waals surface area (Å²) in [5.41, 5.74) is 7.36. The molecule has 0 spiro atoms. The number of pyridine rings is 1. The maximum Gasteiger partial charge on any atom is 0.123 e.